The largest absolute Gasteiger partial charge is 0.477 e. The summed E-state index contributed by atoms with van der Waals surface area (Å²) in [6, 6.07) is 9.33. The van der Waals surface area contributed by atoms with Crippen molar-refractivity contribution < 1.29 is 14.3 Å². The first-order chi connectivity index (χ1) is 18.4. The molecule has 3 aromatic heterocycles. The van der Waals surface area contributed by atoms with Crippen molar-refractivity contribution in [1.29, 1.82) is 0 Å². The highest BCUT2D eigenvalue weighted by atomic mass is 16.5. The Bertz CT molecular complexity index is 1530. The van der Waals surface area contributed by atoms with E-state index in [0.29, 0.717) is 48.5 Å². The van der Waals surface area contributed by atoms with Gasteiger partial charge in [0.1, 0.15) is 0 Å². The molecule has 0 fully saturated rings. The Morgan fingerprint density at radius 1 is 1.24 bits per heavy atom. The number of aryl methyl sites for hydroxylation is 3. The third-order valence-electron chi connectivity index (χ3n) is 6.67. The zero-order chi connectivity index (χ0) is 26.8. The number of fused-ring (bicyclic) bond motifs is 7. The van der Waals surface area contributed by atoms with Crippen LogP contribution in [0.4, 0.5) is 5.95 Å². The minimum absolute atomic E-state index is 0.160. The first kappa shape index (κ1) is 25.2. The number of pyridine rings is 1. The number of anilines is 1. The van der Waals surface area contributed by atoms with Gasteiger partial charge in [-0.05, 0) is 56.0 Å². The minimum atomic E-state index is -0.282. The van der Waals surface area contributed by atoms with Crippen LogP contribution in [-0.2, 0) is 24.9 Å². The summed E-state index contributed by atoms with van der Waals surface area (Å²) in [6.07, 6.45) is 5.65. The van der Waals surface area contributed by atoms with E-state index in [1.807, 2.05) is 36.7 Å². The summed E-state index contributed by atoms with van der Waals surface area (Å²) in [5.41, 5.74) is 5.14. The molecular weight excluding hydrogens is 482 g/mol. The van der Waals surface area contributed by atoms with Crippen LogP contribution in [0.5, 0.6) is 5.88 Å². The number of nitrogens with zero attached hydrogens (tertiary/aromatic N) is 6. The van der Waals surface area contributed by atoms with E-state index in [9.17, 15) is 9.59 Å². The maximum atomic E-state index is 13.5. The predicted octanol–water partition coefficient (Wildman–Crippen LogP) is 4.10. The molecule has 10 nitrogen and oxygen atoms in total. The molecule has 4 aromatic rings. The zero-order valence-corrected chi connectivity index (χ0v) is 21.9. The third kappa shape index (κ3) is 4.89. The Balaban J connectivity index is 1.58. The number of ether oxygens (including phenoxy) is 1. The van der Waals surface area contributed by atoms with Crippen molar-refractivity contribution in [1.82, 2.24) is 29.2 Å². The number of imidazole rings is 1. The lowest BCUT2D eigenvalue weighted by Gasteiger charge is -2.17. The molecule has 5 rings (SSSR count). The van der Waals surface area contributed by atoms with E-state index in [4.69, 9.17) is 9.72 Å². The van der Waals surface area contributed by atoms with Crippen LogP contribution in [0.3, 0.4) is 0 Å². The fourth-order valence-electron chi connectivity index (χ4n) is 4.79. The van der Waals surface area contributed by atoms with Gasteiger partial charge in [-0.3, -0.25) is 19.9 Å². The summed E-state index contributed by atoms with van der Waals surface area (Å²) in [6.45, 7) is 7.04. The molecule has 0 radical (unpaired) electrons. The highest BCUT2D eigenvalue weighted by Crippen LogP contribution is 2.30. The molecule has 1 aliphatic rings. The maximum Gasteiger partial charge on any atom is 0.258 e. The van der Waals surface area contributed by atoms with Crippen molar-refractivity contribution >= 4 is 28.8 Å². The number of aromatic nitrogens is 5. The number of amides is 2. The van der Waals surface area contributed by atoms with E-state index in [-0.39, 0.29) is 11.8 Å². The molecule has 196 valence electrons. The Kier molecular flexibility index (Phi) is 6.95. The van der Waals surface area contributed by atoms with Crippen LogP contribution in [0, 0.1) is 6.92 Å². The van der Waals surface area contributed by atoms with Gasteiger partial charge in [0.25, 0.3) is 5.91 Å². The lowest BCUT2D eigenvalue weighted by atomic mass is 10.1. The fraction of sp³-hybridized carbons (Fsp3) is 0.321. The molecule has 0 atom stereocenters. The van der Waals surface area contributed by atoms with E-state index >= 15 is 0 Å². The summed E-state index contributed by atoms with van der Waals surface area (Å²) >= 11 is 0. The van der Waals surface area contributed by atoms with Crippen molar-refractivity contribution in [2.24, 2.45) is 7.05 Å². The summed E-state index contributed by atoms with van der Waals surface area (Å²) < 4.78 is 9.85. The third-order valence-corrected chi connectivity index (χ3v) is 6.67. The van der Waals surface area contributed by atoms with Gasteiger partial charge in [-0.1, -0.05) is 18.7 Å². The van der Waals surface area contributed by atoms with Gasteiger partial charge >= 0.3 is 0 Å². The molecule has 1 aromatic carbocycles. The topological polar surface area (TPSA) is 107 Å². The van der Waals surface area contributed by atoms with Gasteiger partial charge in [-0.25, -0.2) is 9.67 Å². The Labute approximate surface area is 220 Å². The second kappa shape index (κ2) is 10.5. The number of para-hydroxylation sites is 1. The van der Waals surface area contributed by atoms with Crippen molar-refractivity contribution in [3.63, 3.8) is 0 Å². The molecule has 0 saturated carbocycles. The van der Waals surface area contributed by atoms with E-state index in [1.165, 1.54) is 6.08 Å². The molecule has 2 amide bonds. The Hall–Kier alpha value is -4.47. The Morgan fingerprint density at radius 2 is 2.08 bits per heavy atom. The SMILES string of the molecule is C=CC(=O)N(C)Cc1cccc2nc3n(c12)CCCCCOc1c(cnn1C)-c1cc(cc(C)n1)C(=O)N3. The van der Waals surface area contributed by atoms with Gasteiger partial charge in [-0.2, -0.15) is 5.10 Å². The predicted molar refractivity (Wildman–Crippen MR) is 145 cm³/mol. The van der Waals surface area contributed by atoms with Crippen molar-refractivity contribution in [3.8, 4) is 17.1 Å². The summed E-state index contributed by atoms with van der Waals surface area (Å²) in [5.74, 6) is 0.660. The van der Waals surface area contributed by atoms with E-state index in [1.54, 1.807) is 35.0 Å². The van der Waals surface area contributed by atoms with E-state index in [0.717, 1.165) is 41.4 Å². The van der Waals surface area contributed by atoms with Crippen molar-refractivity contribution in [2.45, 2.75) is 39.3 Å². The van der Waals surface area contributed by atoms with Crippen LogP contribution in [0.1, 0.15) is 40.9 Å². The molecule has 0 unspecified atom stereocenters. The Morgan fingerprint density at radius 3 is 2.89 bits per heavy atom. The number of rotatable bonds is 3. The summed E-state index contributed by atoms with van der Waals surface area (Å²) in [4.78, 5) is 36.7. The molecule has 4 heterocycles. The molecule has 1 aliphatic heterocycles. The molecule has 0 aliphatic carbocycles. The molecule has 0 saturated heterocycles. The van der Waals surface area contributed by atoms with Crippen molar-refractivity contribution in [2.75, 3.05) is 19.0 Å². The van der Waals surface area contributed by atoms with Crippen LogP contribution in [0.15, 0.2) is 49.2 Å². The summed E-state index contributed by atoms with van der Waals surface area (Å²) in [7, 11) is 3.57. The molecule has 38 heavy (non-hydrogen) atoms. The second-order valence-electron chi connectivity index (χ2n) is 9.50. The second-order valence-corrected chi connectivity index (χ2v) is 9.50. The molecular formula is C28H31N7O3. The van der Waals surface area contributed by atoms with Gasteiger partial charge in [0.2, 0.25) is 17.7 Å². The van der Waals surface area contributed by atoms with Crippen LogP contribution >= 0.6 is 0 Å². The number of hydrogen-bond donors (Lipinski definition) is 1. The summed E-state index contributed by atoms with van der Waals surface area (Å²) in [5, 5.41) is 7.39. The first-order valence-electron chi connectivity index (χ1n) is 12.7. The smallest absolute Gasteiger partial charge is 0.258 e. The monoisotopic (exact) mass is 513 g/mol. The number of nitrogens with one attached hydrogen (secondary N) is 1. The van der Waals surface area contributed by atoms with Crippen LogP contribution in [-0.4, -0.2) is 54.7 Å². The van der Waals surface area contributed by atoms with Gasteiger partial charge in [0.05, 0.1) is 35.1 Å². The molecule has 1 N–H and O–H groups in total. The number of hydrogen-bond acceptors (Lipinski definition) is 6. The molecule has 10 heteroatoms. The van der Waals surface area contributed by atoms with Crippen LogP contribution in [0.2, 0.25) is 0 Å². The standard InChI is InChI=1S/C28H31N7O3/c1-5-24(36)33(3)17-19-10-9-11-22-25(19)35-12-7-6-8-13-38-27-21(16-29-34(27)4)23-15-20(14-18(2)30-23)26(37)32-28(35)31-22/h5,9-11,14-16H,1,6-8,12-13,17H2,2-4H3,(H,31,32,37). The highest BCUT2D eigenvalue weighted by Gasteiger charge is 2.21. The minimum Gasteiger partial charge on any atom is -0.477 e. The maximum absolute atomic E-state index is 13.5. The lowest BCUT2D eigenvalue weighted by molar-refractivity contribution is -0.125. The normalized spacial score (nSPS) is 13.9. The van der Waals surface area contributed by atoms with Crippen LogP contribution < -0.4 is 10.1 Å². The van der Waals surface area contributed by atoms with Gasteiger partial charge in [-0.15, -0.1) is 0 Å². The van der Waals surface area contributed by atoms with Gasteiger partial charge < -0.3 is 14.2 Å². The highest BCUT2D eigenvalue weighted by molar-refractivity contribution is 6.05. The lowest BCUT2D eigenvalue weighted by Crippen LogP contribution is -2.24. The van der Waals surface area contributed by atoms with Crippen LogP contribution in [0.25, 0.3) is 22.3 Å². The molecule has 0 spiro atoms. The average molecular weight is 514 g/mol. The zero-order valence-electron chi connectivity index (χ0n) is 21.9. The number of carbonyl (C=O) groups is 2. The van der Waals surface area contributed by atoms with E-state index in [2.05, 4.69) is 22.0 Å². The average Bonchev–Trinajstić information content (AvgIpc) is 3.44. The number of benzene rings is 1. The van der Waals surface area contributed by atoms with Gasteiger partial charge in [0, 0.05) is 38.4 Å². The molecule has 2 bridgehead atoms. The number of likely N-dealkylation sites (N-methyl/N-ethyl adjacent to an activating group) is 1. The van der Waals surface area contributed by atoms with Gasteiger partial charge in [0.15, 0.2) is 0 Å². The fourth-order valence-corrected chi connectivity index (χ4v) is 4.79. The van der Waals surface area contributed by atoms with Crippen molar-refractivity contribution in [3.05, 3.63) is 66.0 Å². The first-order valence-corrected chi connectivity index (χ1v) is 12.7. The number of carbonyl (C=O) groups excluding carboxylic acids is 2. The van der Waals surface area contributed by atoms with E-state index < -0.39 is 0 Å². The quantitative estimate of drug-likeness (QED) is 0.414.